The van der Waals surface area contributed by atoms with Crippen LogP contribution in [0.15, 0.2) is 36.9 Å². The normalized spacial score (nSPS) is 11.6. The second-order valence-electron chi connectivity index (χ2n) is 7.02. The zero-order valence-corrected chi connectivity index (χ0v) is 16.0. The first-order valence-electron chi connectivity index (χ1n) is 9.07. The first kappa shape index (κ1) is 17.4. The molecule has 138 valence electrons. The van der Waals surface area contributed by atoms with Crippen LogP contribution < -0.4 is 5.32 Å². The number of rotatable bonds is 5. The van der Waals surface area contributed by atoms with Gasteiger partial charge in [0.1, 0.15) is 6.33 Å². The van der Waals surface area contributed by atoms with Crippen molar-refractivity contribution < 1.29 is 0 Å². The van der Waals surface area contributed by atoms with Crippen molar-refractivity contribution in [2.75, 3.05) is 7.05 Å². The van der Waals surface area contributed by atoms with Crippen LogP contribution in [0.4, 0.5) is 0 Å². The van der Waals surface area contributed by atoms with E-state index < -0.39 is 0 Å². The van der Waals surface area contributed by atoms with E-state index in [1.54, 1.807) is 6.33 Å². The molecule has 0 radical (unpaired) electrons. The van der Waals surface area contributed by atoms with Crippen LogP contribution in [0.5, 0.6) is 0 Å². The van der Waals surface area contributed by atoms with Crippen LogP contribution in [0.2, 0.25) is 0 Å². The SMILES string of the molecule is CNCc1ccc(-c2n[nH]c(-c3cc(C)c4ncnn4c3)c2C(C)C)cn1. The van der Waals surface area contributed by atoms with E-state index in [2.05, 4.69) is 56.6 Å². The van der Waals surface area contributed by atoms with Crippen molar-refractivity contribution in [2.45, 2.75) is 33.2 Å². The van der Waals surface area contributed by atoms with Crippen molar-refractivity contribution in [3.8, 4) is 22.5 Å². The quantitative estimate of drug-likeness (QED) is 0.570. The highest BCUT2D eigenvalue weighted by Crippen LogP contribution is 2.35. The highest BCUT2D eigenvalue weighted by molar-refractivity contribution is 5.75. The fraction of sp³-hybridized carbons (Fsp3) is 0.300. The predicted molar refractivity (Wildman–Crippen MR) is 105 cm³/mol. The molecular weight excluding hydrogens is 338 g/mol. The molecule has 2 N–H and O–H groups in total. The Balaban J connectivity index is 1.82. The summed E-state index contributed by atoms with van der Waals surface area (Å²) in [5.41, 5.74) is 8.15. The Bertz CT molecular complexity index is 1070. The smallest absolute Gasteiger partial charge is 0.158 e. The van der Waals surface area contributed by atoms with E-state index in [4.69, 9.17) is 0 Å². The lowest BCUT2D eigenvalue weighted by Gasteiger charge is -2.11. The maximum atomic E-state index is 4.63. The number of pyridine rings is 2. The molecular formula is C20H23N7. The first-order chi connectivity index (χ1) is 13.1. The van der Waals surface area contributed by atoms with Crippen LogP contribution in [0.25, 0.3) is 28.2 Å². The molecule has 27 heavy (non-hydrogen) atoms. The average Bonchev–Trinajstić information content (AvgIpc) is 3.29. The van der Waals surface area contributed by atoms with E-state index in [0.717, 1.165) is 46.0 Å². The van der Waals surface area contributed by atoms with Crippen molar-refractivity contribution in [3.05, 3.63) is 53.7 Å². The topological polar surface area (TPSA) is 83.8 Å². The molecule has 4 aromatic heterocycles. The van der Waals surface area contributed by atoms with E-state index in [9.17, 15) is 0 Å². The molecule has 4 rings (SSSR count). The zero-order valence-electron chi connectivity index (χ0n) is 16.0. The molecule has 0 fully saturated rings. The molecule has 0 atom stereocenters. The van der Waals surface area contributed by atoms with Crippen molar-refractivity contribution in [1.29, 1.82) is 0 Å². The summed E-state index contributed by atoms with van der Waals surface area (Å²) >= 11 is 0. The Kier molecular flexibility index (Phi) is 4.45. The number of H-pyrrole nitrogens is 1. The van der Waals surface area contributed by atoms with Crippen molar-refractivity contribution in [2.24, 2.45) is 0 Å². The molecule has 0 unspecified atom stereocenters. The molecule has 0 aliphatic carbocycles. The Morgan fingerprint density at radius 1 is 1.19 bits per heavy atom. The van der Waals surface area contributed by atoms with Gasteiger partial charge in [-0.3, -0.25) is 10.1 Å². The van der Waals surface area contributed by atoms with E-state index in [1.165, 1.54) is 5.56 Å². The molecule has 0 amide bonds. The molecule has 0 aromatic carbocycles. The number of hydrogen-bond acceptors (Lipinski definition) is 5. The van der Waals surface area contributed by atoms with E-state index in [1.807, 2.05) is 36.9 Å². The van der Waals surface area contributed by atoms with Gasteiger partial charge >= 0.3 is 0 Å². The summed E-state index contributed by atoms with van der Waals surface area (Å²) in [5, 5.41) is 15.3. The molecule has 0 saturated carbocycles. The zero-order chi connectivity index (χ0) is 19.0. The maximum absolute atomic E-state index is 4.63. The van der Waals surface area contributed by atoms with Gasteiger partial charge in [0, 0.05) is 35.6 Å². The second-order valence-corrected chi connectivity index (χ2v) is 7.02. The minimum absolute atomic E-state index is 0.303. The van der Waals surface area contributed by atoms with Gasteiger partial charge < -0.3 is 5.32 Å². The summed E-state index contributed by atoms with van der Waals surface area (Å²) in [6, 6.07) is 6.24. The molecule has 4 heterocycles. The third kappa shape index (κ3) is 3.10. The van der Waals surface area contributed by atoms with Crippen molar-refractivity contribution in [1.82, 2.24) is 35.1 Å². The first-order valence-corrected chi connectivity index (χ1v) is 9.07. The third-order valence-corrected chi connectivity index (χ3v) is 4.69. The van der Waals surface area contributed by atoms with Crippen LogP contribution in [0.3, 0.4) is 0 Å². The molecule has 0 spiro atoms. The number of nitrogens with one attached hydrogen (secondary N) is 2. The predicted octanol–water partition coefficient (Wildman–Crippen LogP) is 3.33. The van der Waals surface area contributed by atoms with Crippen LogP contribution in [0.1, 0.15) is 36.6 Å². The molecule has 7 heteroatoms. The van der Waals surface area contributed by atoms with Crippen molar-refractivity contribution >= 4 is 5.65 Å². The molecule has 0 bridgehead atoms. The molecule has 7 nitrogen and oxygen atoms in total. The van der Waals surface area contributed by atoms with E-state index in [0.29, 0.717) is 5.92 Å². The standard InChI is InChI=1S/C20H23N7/c1-12(2)17-18(14-5-6-16(9-21-4)22-8-14)25-26-19(17)15-7-13(3)20-23-11-24-27(20)10-15/h5-8,10-12,21H,9H2,1-4H3,(H,25,26). The summed E-state index contributed by atoms with van der Waals surface area (Å²) in [5.74, 6) is 0.303. The number of nitrogens with zero attached hydrogens (tertiary/aromatic N) is 5. The fourth-order valence-corrected chi connectivity index (χ4v) is 3.43. The fourth-order valence-electron chi connectivity index (χ4n) is 3.43. The molecule has 0 saturated heterocycles. The summed E-state index contributed by atoms with van der Waals surface area (Å²) in [7, 11) is 1.92. The van der Waals surface area contributed by atoms with Gasteiger partial charge in [-0.2, -0.15) is 10.2 Å². The Hall–Kier alpha value is -3.06. The van der Waals surface area contributed by atoms with Gasteiger partial charge in [0.2, 0.25) is 0 Å². The number of hydrogen-bond donors (Lipinski definition) is 2. The minimum atomic E-state index is 0.303. The number of fused-ring (bicyclic) bond motifs is 1. The Morgan fingerprint density at radius 3 is 2.74 bits per heavy atom. The van der Waals surface area contributed by atoms with Gasteiger partial charge in [0.15, 0.2) is 5.65 Å². The van der Waals surface area contributed by atoms with Crippen molar-refractivity contribution in [3.63, 3.8) is 0 Å². The molecule has 4 aromatic rings. The largest absolute Gasteiger partial charge is 0.314 e. The van der Waals surface area contributed by atoms with E-state index >= 15 is 0 Å². The third-order valence-electron chi connectivity index (χ3n) is 4.69. The lowest BCUT2D eigenvalue weighted by Crippen LogP contribution is -2.06. The number of aromatic nitrogens is 6. The lowest BCUT2D eigenvalue weighted by molar-refractivity contribution is 0.791. The molecule has 0 aliphatic rings. The Morgan fingerprint density at radius 2 is 2.04 bits per heavy atom. The van der Waals surface area contributed by atoms with Gasteiger partial charge in [-0.05, 0) is 43.7 Å². The summed E-state index contributed by atoms with van der Waals surface area (Å²) in [6.07, 6.45) is 5.46. The van der Waals surface area contributed by atoms with Gasteiger partial charge in [-0.1, -0.05) is 13.8 Å². The number of aromatic amines is 1. The maximum Gasteiger partial charge on any atom is 0.158 e. The lowest BCUT2D eigenvalue weighted by atomic mass is 9.94. The average molecular weight is 361 g/mol. The van der Waals surface area contributed by atoms with Crippen LogP contribution in [-0.2, 0) is 6.54 Å². The van der Waals surface area contributed by atoms with Gasteiger partial charge in [-0.25, -0.2) is 9.50 Å². The van der Waals surface area contributed by atoms with Gasteiger partial charge in [0.25, 0.3) is 0 Å². The van der Waals surface area contributed by atoms with Crippen LogP contribution in [-0.4, -0.2) is 36.8 Å². The highest BCUT2D eigenvalue weighted by atomic mass is 15.3. The summed E-state index contributed by atoms with van der Waals surface area (Å²) in [6.45, 7) is 7.16. The van der Waals surface area contributed by atoms with Gasteiger partial charge in [-0.15, -0.1) is 0 Å². The second kappa shape index (κ2) is 6.92. The van der Waals surface area contributed by atoms with Gasteiger partial charge in [0.05, 0.1) is 17.1 Å². The number of aryl methyl sites for hydroxylation is 1. The summed E-state index contributed by atoms with van der Waals surface area (Å²) < 4.78 is 1.81. The molecule has 0 aliphatic heterocycles. The minimum Gasteiger partial charge on any atom is -0.314 e. The Labute approximate surface area is 157 Å². The van der Waals surface area contributed by atoms with E-state index in [-0.39, 0.29) is 0 Å². The van der Waals surface area contributed by atoms with Crippen LogP contribution >= 0.6 is 0 Å². The highest BCUT2D eigenvalue weighted by Gasteiger charge is 2.20. The van der Waals surface area contributed by atoms with Crippen LogP contribution in [0, 0.1) is 6.92 Å². The summed E-state index contributed by atoms with van der Waals surface area (Å²) in [4.78, 5) is 8.84. The monoisotopic (exact) mass is 361 g/mol.